The number of hydrogen-bond acceptors (Lipinski definition) is 7. The lowest BCUT2D eigenvalue weighted by Crippen LogP contribution is -2.44. The lowest BCUT2D eigenvalue weighted by atomic mass is 10.4. The van der Waals surface area contributed by atoms with Crippen LogP contribution in [0.25, 0.3) is 0 Å². The zero-order valence-electron chi connectivity index (χ0n) is 10.1. The first-order valence-electron chi connectivity index (χ1n) is 6.00. The van der Waals surface area contributed by atoms with Gasteiger partial charge in [0.1, 0.15) is 0 Å². The molecule has 17 heavy (non-hydrogen) atoms. The third kappa shape index (κ3) is 3.16. The summed E-state index contributed by atoms with van der Waals surface area (Å²) >= 11 is 0. The molecule has 94 valence electrons. The Bertz CT molecular complexity index is 362. The summed E-state index contributed by atoms with van der Waals surface area (Å²) in [4.78, 5) is 14.7. The van der Waals surface area contributed by atoms with Crippen LogP contribution in [0.5, 0.6) is 0 Å². The van der Waals surface area contributed by atoms with Crippen molar-refractivity contribution in [2.24, 2.45) is 0 Å². The summed E-state index contributed by atoms with van der Waals surface area (Å²) in [6.45, 7) is 6.62. The second kappa shape index (κ2) is 5.62. The molecule has 4 N–H and O–H groups in total. The molecule has 0 amide bonds. The van der Waals surface area contributed by atoms with Gasteiger partial charge in [0.05, 0.1) is 0 Å². The van der Waals surface area contributed by atoms with Gasteiger partial charge in [0.25, 0.3) is 0 Å². The van der Waals surface area contributed by atoms with E-state index in [1.807, 2.05) is 0 Å². The summed E-state index contributed by atoms with van der Waals surface area (Å²) in [5.74, 6) is 1.50. The highest BCUT2D eigenvalue weighted by Gasteiger charge is 2.14. The number of nitrogens with zero attached hydrogens (tertiary/aromatic N) is 4. The van der Waals surface area contributed by atoms with Crippen LogP contribution in [0.4, 0.5) is 17.8 Å². The molecule has 1 saturated heterocycles. The van der Waals surface area contributed by atoms with Crippen LogP contribution in [0.15, 0.2) is 0 Å². The summed E-state index contributed by atoms with van der Waals surface area (Å²) in [5, 5.41) is 6.42. The van der Waals surface area contributed by atoms with E-state index in [0.717, 1.165) is 39.1 Å². The molecule has 2 heterocycles. The molecule has 1 aromatic rings. The Morgan fingerprint density at radius 1 is 1.29 bits per heavy atom. The molecule has 7 heteroatoms. The molecule has 0 radical (unpaired) electrons. The number of piperazine rings is 1. The van der Waals surface area contributed by atoms with Gasteiger partial charge in [-0.3, -0.25) is 0 Å². The van der Waals surface area contributed by atoms with E-state index in [2.05, 4.69) is 37.4 Å². The summed E-state index contributed by atoms with van der Waals surface area (Å²) < 4.78 is 0. The number of hydrogen-bond donors (Lipinski definition) is 3. The number of aromatic nitrogens is 3. The van der Waals surface area contributed by atoms with Gasteiger partial charge in [0.15, 0.2) is 0 Å². The molecule has 2 rings (SSSR count). The first kappa shape index (κ1) is 11.8. The third-order valence-electron chi connectivity index (χ3n) is 2.57. The minimum absolute atomic E-state index is 0.270. The fraction of sp³-hybridized carbons (Fsp3) is 0.700. The molecule has 0 aromatic carbocycles. The van der Waals surface area contributed by atoms with Gasteiger partial charge in [-0.1, -0.05) is 6.92 Å². The van der Waals surface area contributed by atoms with Gasteiger partial charge < -0.3 is 21.3 Å². The Labute approximate surface area is 101 Å². The summed E-state index contributed by atoms with van der Waals surface area (Å²) in [7, 11) is 0. The third-order valence-corrected chi connectivity index (χ3v) is 2.57. The van der Waals surface area contributed by atoms with Crippen LogP contribution in [0.1, 0.15) is 13.3 Å². The maximum atomic E-state index is 5.69. The maximum Gasteiger partial charge on any atom is 0.232 e. The van der Waals surface area contributed by atoms with Gasteiger partial charge >= 0.3 is 0 Å². The van der Waals surface area contributed by atoms with Crippen LogP contribution in [-0.2, 0) is 0 Å². The molecular formula is C10H19N7. The van der Waals surface area contributed by atoms with Crippen LogP contribution in [0.3, 0.4) is 0 Å². The lowest BCUT2D eigenvalue weighted by Gasteiger charge is -2.27. The Morgan fingerprint density at radius 2 is 2.06 bits per heavy atom. The van der Waals surface area contributed by atoms with Crippen molar-refractivity contribution in [3.8, 4) is 0 Å². The molecule has 0 atom stereocenters. The standard InChI is InChI=1S/C10H19N7/c1-2-3-13-9-14-8(11)15-10(16-9)17-6-4-12-5-7-17/h12H,2-7H2,1H3,(H3,11,13,14,15,16). The van der Waals surface area contributed by atoms with Crippen LogP contribution >= 0.6 is 0 Å². The van der Waals surface area contributed by atoms with Gasteiger partial charge in [-0.05, 0) is 6.42 Å². The van der Waals surface area contributed by atoms with E-state index in [1.165, 1.54) is 0 Å². The molecular weight excluding hydrogens is 218 g/mol. The summed E-state index contributed by atoms with van der Waals surface area (Å²) in [5.41, 5.74) is 5.69. The van der Waals surface area contributed by atoms with E-state index < -0.39 is 0 Å². The van der Waals surface area contributed by atoms with E-state index in [4.69, 9.17) is 5.73 Å². The minimum atomic E-state index is 0.270. The van der Waals surface area contributed by atoms with E-state index in [0.29, 0.717) is 11.9 Å². The van der Waals surface area contributed by atoms with Crippen molar-refractivity contribution in [1.29, 1.82) is 0 Å². The molecule has 1 aliphatic heterocycles. The van der Waals surface area contributed by atoms with E-state index in [9.17, 15) is 0 Å². The predicted octanol–water partition coefficient (Wildman–Crippen LogP) is -0.315. The van der Waals surface area contributed by atoms with Crippen molar-refractivity contribution < 1.29 is 0 Å². The van der Waals surface area contributed by atoms with E-state index in [-0.39, 0.29) is 5.95 Å². The first-order valence-corrected chi connectivity index (χ1v) is 6.00. The van der Waals surface area contributed by atoms with Gasteiger partial charge in [-0.2, -0.15) is 15.0 Å². The highest BCUT2D eigenvalue weighted by molar-refractivity contribution is 5.42. The minimum Gasteiger partial charge on any atom is -0.368 e. The largest absolute Gasteiger partial charge is 0.368 e. The molecule has 7 nitrogen and oxygen atoms in total. The van der Waals surface area contributed by atoms with Gasteiger partial charge in [0.2, 0.25) is 17.8 Å². The Balaban J connectivity index is 2.12. The average Bonchev–Trinajstić information content (AvgIpc) is 2.37. The highest BCUT2D eigenvalue weighted by Crippen LogP contribution is 2.12. The molecule has 0 saturated carbocycles. The van der Waals surface area contributed by atoms with Crippen molar-refractivity contribution >= 4 is 17.8 Å². The van der Waals surface area contributed by atoms with Crippen LogP contribution < -0.4 is 21.3 Å². The number of anilines is 3. The van der Waals surface area contributed by atoms with Gasteiger partial charge in [-0.15, -0.1) is 0 Å². The second-order valence-corrected chi connectivity index (χ2v) is 3.98. The highest BCUT2D eigenvalue weighted by atomic mass is 15.3. The molecule has 1 fully saturated rings. The number of nitrogens with two attached hydrogens (primary N) is 1. The van der Waals surface area contributed by atoms with Crippen molar-refractivity contribution in [1.82, 2.24) is 20.3 Å². The second-order valence-electron chi connectivity index (χ2n) is 3.98. The first-order chi connectivity index (χ1) is 8.29. The monoisotopic (exact) mass is 237 g/mol. The SMILES string of the molecule is CCCNc1nc(N)nc(N2CCNCC2)n1. The summed E-state index contributed by atoms with van der Waals surface area (Å²) in [6.07, 6.45) is 1.02. The summed E-state index contributed by atoms with van der Waals surface area (Å²) in [6, 6.07) is 0. The topological polar surface area (TPSA) is 92.0 Å². The van der Waals surface area contributed by atoms with E-state index in [1.54, 1.807) is 0 Å². The fourth-order valence-corrected chi connectivity index (χ4v) is 1.70. The number of nitrogen functional groups attached to an aromatic ring is 1. The van der Waals surface area contributed by atoms with Crippen molar-refractivity contribution in [2.45, 2.75) is 13.3 Å². The quantitative estimate of drug-likeness (QED) is 0.661. The molecule has 0 bridgehead atoms. The predicted molar refractivity (Wildman–Crippen MR) is 68.1 cm³/mol. The Kier molecular flexibility index (Phi) is 3.92. The fourth-order valence-electron chi connectivity index (χ4n) is 1.70. The van der Waals surface area contributed by atoms with Gasteiger partial charge in [-0.25, -0.2) is 0 Å². The molecule has 1 aliphatic rings. The van der Waals surface area contributed by atoms with Crippen molar-refractivity contribution in [3.63, 3.8) is 0 Å². The van der Waals surface area contributed by atoms with Crippen molar-refractivity contribution in [2.75, 3.05) is 48.7 Å². The number of nitrogens with one attached hydrogen (secondary N) is 2. The number of rotatable bonds is 4. The molecule has 0 unspecified atom stereocenters. The van der Waals surface area contributed by atoms with Crippen LogP contribution in [0.2, 0.25) is 0 Å². The zero-order valence-corrected chi connectivity index (χ0v) is 10.1. The normalized spacial score (nSPS) is 15.9. The molecule has 0 aliphatic carbocycles. The van der Waals surface area contributed by atoms with Gasteiger partial charge in [0, 0.05) is 32.7 Å². The molecule has 1 aromatic heterocycles. The van der Waals surface area contributed by atoms with Crippen LogP contribution in [-0.4, -0.2) is 47.7 Å². The van der Waals surface area contributed by atoms with Crippen LogP contribution in [0, 0.1) is 0 Å². The smallest absolute Gasteiger partial charge is 0.232 e. The lowest BCUT2D eigenvalue weighted by molar-refractivity contribution is 0.579. The molecule has 0 spiro atoms. The zero-order chi connectivity index (χ0) is 12.1. The Hall–Kier alpha value is -1.63. The average molecular weight is 237 g/mol. The van der Waals surface area contributed by atoms with E-state index >= 15 is 0 Å². The maximum absolute atomic E-state index is 5.69. The van der Waals surface area contributed by atoms with Crippen molar-refractivity contribution in [3.05, 3.63) is 0 Å². The Morgan fingerprint density at radius 3 is 2.76 bits per heavy atom.